The molecule has 2 N–H and O–H groups in total. The molecule has 2 amide bonds. The maximum atomic E-state index is 12.7. The second-order valence-corrected chi connectivity index (χ2v) is 9.11. The molecule has 2 aromatic carbocycles. The quantitative estimate of drug-likeness (QED) is 0.569. The molecule has 0 aliphatic carbocycles. The monoisotopic (exact) mass is 461 g/mol. The number of hydrogen-bond acceptors (Lipinski definition) is 7. The fraction of sp³-hybridized carbons (Fsp3) is 0.333. The van der Waals surface area contributed by atoms with Crippen molar-refractivity contribution in [2.24, 2.45) is 5.92 Å². The highest BCUT2D eigenvalue weighted by molar-refractivity contribution is 7.89. The number of amides is 2. The van der Waals surface area contributed by atoms with Crippen LogP contribution >= 0.6 is 0 Å². The van der Waals surface area contributed by atoms with Gasteiger partial charge in [0.15, 0.2) is 11.5 Å². The summed E-state index contributed by atoms with van der Waals surface area (Å²) in [5, 5.41) is 2.75. The minimum atomic E-state index is -3.66. The van der Waals surface area contributed by atoms with E-state index in [2.05, 4.69) is 10.0 Å². The molecule has 1 unspecified atom stereocenters. The first-order valence-corrected chi connectivity index (χ1v) is 11.5. The Morgan fingerprint density at radius 2 is 1.91 bits per heavy atom. The number of nitrogens with zero attached hydrogens (tertiary/aromatic N) is 1. The molecule has 2 aliphatic rings. The van der Waals surface area contributed by atoms with Crippen molar-refractivity contribution in [3.63, 3.8) is 0 Å². The van der Waals surface area contributed by atoms with Crippen molar-refractivity contribution in [3.8, 4) is 11.5 Å². The molecule has 32 heavy (non-hydrogen) atoms. The van der Waals surface area contributed by atoms with Crippen LogP contribution in [0.5, 0.6) is 11.5 Å². The van der Waals surface area contributed by atoms with Crippen LogP contribution in [0.1, 0.15) is 6.42 Å². The molecule has 1 fully saturated rings. The molecule has 2 heterocycles. The van der Waals surface area contributed by atoms with E-state index in [4.69, 9.17) is 14.2 Å². The molecule has 2 aliphatic heterocycles. The van der Waals surface area contributed by atoms with Crippen LogP contribution in [-0.2, 0) is 24.3 Å². The number of rotatable bonds is 8. The first-order chi connectivity index (χ1) is 15.4. The molecule has 2 aromatic rings. The van der Waals surface area contributed by atoms with Crippen molar-refractivity contribution in [3.05, 3.63) is 42.5 Å². The third-order valence-corrected chi connectivity index (χ3v) is 6.67. The topological polar surface area (TPSA) is 123 Å². The zero-order valence-corrected chi connectivity index (χ0v) is 18.2. The summed E-state index contributed by atoms with van der Waals surface area (Å²) in [5.41, 5.74) is 1.09. The third kappa shape index (κ3) is 4.69. The van der Waals surface area contributed by atoms with E-state index in [0.717, 1.165) is 0 Å². The third-order valence-electron chi connectivity index (χ3n) is 5.19. The lowest BCUT2D eigenvalue weighted by Crippen LogP contribution is -2.28. The normalized spacial score (nSPS) is 17.6. The minimum Gasteiger partial charge on any atom is -0.454 e. The molecule has 4 rings (SSSR count). The number of sulfonamides is 1. The van der Waals surface area contributed by atoms with Gasteiger partial charge in [-0.15, -0.1) is 0 Å². The Labute approximate surface area is 185 Å². The van der Waals surface area contributed by atoms with Gasteiger partial charge in [-0.25, -0.2) is 13.1 Å². The van der Waals surface area contributed by atoms with E-state index in [1.54, 1.807) is 23.1 Å². The van der Waals surface area contributed by atoms with E-state index in [1.165, 1.54) is 31.4 Å². The van der Waals surface area contributed by atoms with Crippen LogP contribution in [0.3, 0.4) is 0 Å². The molecule has 170 valence electrons. The van der Waals surface area contributed by atoms with Crippen LogP contribution in [0.25, 0.3) is 0 Å². The lowest BCUT2D eigenvalue weighted by molar-refractivity contribution is -0.122. The summed E-state index contributed by atoms with van der Waals surface area (Å²) in [6, 6.07) is 11.0. The zero-order chi connectivity index (χ0) is 22.7. The highest BCUT2D eigenvalue weighted by atomic mass is 32.2. The Balaban J connectivity index is 1.37. The van der Waals surface area contributed by atoms with Crippen molar-refractivity contribution in [1.29, 1.82) is 0 Å². The maximum absolute atomic E-state index is 12.7. The molecule has 1 atom stereocenters. The van der Waals surface area contributed by atoms with E-state index in [1.807, 2.05) is 0 Å². The fourth-order valence-corrected chi connectivity index (χ4v) is 4.52. The van der Waals surface area contributed by atoms with Gasteiger partial charge in [0.1, 0.15) is 0 Å². The van der Waals surface area contributed by atoms with Gasteiger partial charge in [0, 0.05) is 44.1 Å². The lowest BCUT2D eigenvalue weighted by Gasteiger charge is -2.17. The number of benzene rings is 2. The number of nitrogens with one attached hydrogen (secondary N) is 2. The van der Waals surface area contributed by atoms with Crippen LogP contribution in [0, 0.1) is 5.92 Å². The van der Waals surface area contributed by atoms with Gasteiger partial charge in [0.2, 0.25) is 28.6 Å². The van der Waals surface area contributed by atoms with Crippen molar-refractivity contribution in [2.45, 2.75) is 11.3 Å². The SMILES string of the molecule is COCCNS(=O)(=O)c1ccc(NC(=O)C2CC(=O)N(c3ccc4c(c3)OCO4)C2)cc1. The Morgan fingerprint density at radius 3 is 2.66 bits per heavy atom. The molecule has 0 saturated carbocycles. The average Bonchev–Trinajstić information content (AvgIpc) is 3.40. The van der Waals surface area contributed by atoms with Gasteiger partial charge in [0.05, 0.1) is 17.4 Å². The van der Waals surface area contributed by atoms with Gasteiger partial charge in [-0.05, 0) is 36.4 Å². The summed E-state index contributed by atoms with van der Waals surface area (Å²) < 4.78 is 42.3. The number of methoxy groups -OCH3 is 1. The highest BCUT2D eigenvalue weighted by Crippen LogP contribution is 2.37. The summed E-state index contributed by atoms with van der Waals surface area (Å²) in [4.78, 5) is 26.8. The van der Waals surface area contributed by atoms with Crippen molar-refractivity contribution < 1.29 is 32.2 Å². The van der Waals surface area contributed by atoms with E-state index < -0.39 is 15.9 Å². The number of fused-ring (bicyclic) bond motifs is 1. The molecule has 0 aromatic heterocycles. The van der Waals surface area contributed by atoms with Crippen molar-refractivity contribution in [1.82, 2.24) is 4.72 Å². The van der Waals surface area contributed by atoms with Crippen LogP contribution in [0.15, 0.2) is 47.4 Å². The number of hydrogen-bond donors (Lipinski definition) is 2. The van der Waals surface area contributed by atoms with E-state index in [9.17, 15) is 18.0 Å². The van der Waals surface area contributed by atoms with Crippen LogP contribution < -0.4 is 24.4 Å². The fourth-order valence-electron chi connectivity index (χ4n) is 3.51. The van der Waals surface area contributed by atoms with Gasteiger partial charge in [-0.1, -0.05) is 0 Å². The number of ether oxygens (including phenoxy) is 3. The molecule has 11 heteroatoms. The van der Waals surface area contributed by atoms with Gasteiger partial charge >= 0.3 is 0 Å². The van der Waals surface area contributed by atoms with Gasteiger partial charge in [-0.2, -0.15) is 0 Å². The smallest absolute Gasteiger partial charge is 0.240 e. The Kier molecular flexibility index (Phi) is 6.31. The Morgan fingerprint density at radius 1 is 1.16 bits per heavy atom. The number of anilines is 2. The van der Waals surface area contributed by atoms with Crippen LogP contribution in [0.4, 0.5) is 11.4 Å². The highest BCUT2D eigenvalue weighted by Gasteiger charge is 2.35. The first-order valence-electron chi connectivity index (χ1n) is 9.97. The lowest BCUT2D eigenvalue weighted by atomic mass is 10.1. The van der Waals surface area contributed by atoms with E-state index in [-0.39, 0.29) is 49.6 Å². The van der Waals surface area contributed by atoms with E-state index in [0.29, 0.717) is 22.9 Å². The molecule has 0 radical (unpaired) electrons. The molecule has 10 nitrogen and oxygen atoms in total. The largest absolute Gasteiger partial charge is 0.454 e. The summed E-state index contributed by atoms with van der Waals surface area (Å²) >= 11 is 0. The molecule has 1 saturated heterocycles. The van der Waals surface area contributed by atoms with Crippen LogP contribution in [0.2, 0.25) is 0 Å². The van der Waals surface area contributed by atoms with E-state index >= 15 is 0 Å². The summed E-state index contributed by atoms with van der Waals surface area (Å²) in [6.07, 6.45) is 0.0795. The predicted octanol–water partition coefficient (Wildman–Crippen LogP) is 1.33. The summed E-state index contributed by atoms with van der Waals surface area (Å²) in [5.74, 6) is 0.180. The molecule has 0 spiro atoms. The standard InChI is InChI=1S/C21H23N3O7S/c1-29-9-8-22-32(27,28)17-5-2-15(3-6-17)23-21(26)14-10-20(25)24(12-14)16-4-7-18-19(11-16)31-13-30-18/h2-7,11,14,22H,8-10,12-13H2,1H3,(H,23,26). The second-order valence-electron chi connectivity index (χ2n) is 7.35. The molecular weight excluding hydrogens is 438 g/mol. The summed E-state index contributed by atoms with van der Waals surface area (Å²) in [6.45, 7) is 0.797. The minimum absolute atomic E-state index is 0.0795. The number of carbonyl (C=O) groups excluding carboxylic acids is 2. The number of carbonyl (C=O) groups is 2. The van der Waals surface area contributed by atoms with Gasteiger partial charge < -0.3 is 24.4 Å². The summed E-state index contributed by atoms with van der Waals surface area (Å²) in [7, 11) is -2.17. The van der Waals surface area contributed by atoms with Gasteiger partial charge in [-0.3, -0.25) is 9.59 Å². The van der Waals surface area contributed by atoms with Crippen molar-refractivity contribution >= 4 is 33.2 Å². The van der Waals surface area contributed by atoms with Crippen LogP contribution in [-0.4, -0.2) is 53.8 Å². The second kappa shape index (κ2) is 9.15. The first kappa shape index (κ1) is 22.1. The zero-order valence-electron chi connectivity index (χ0n) is 17.4. The average molecular weight is 461 g/mol. The molecule has 0 bridgehead atoms. The van der Waals surface area contributed by atoms with Crippen molar-refractivity contribution in [2.75, 3.05) is 43.8 Å². The molecular formula is C21H23N3O7S. The van der Waals surface area contributed by atoms with Gasteiger partial charge in [0.25, 0.3) is 0 Å². The maximum Gasteiger partial charge on any atom is 0.240 e. The Hall–Kier alpha value is -3.15. The predicted molar refractivity (Wildman–Crippen MR) is 115 cm³/mol. The Bertz CT molecular complexity index is 1120.